The number of aromatic nitrogens is 3. The van der Waals surface area contributed by atoms with E-state index in [-0.39, 0.29) is 16.6 Å². The topological polar surface area (TPSA) is 51.8 Å². The molecule has 2 aromatic heterocycles. The normalized spacial score (nSPS) is 13.2. The summed E-state index contributed by atoms with van der Waals surface area (Å²) in [5.41, 5.74) is 0.457. The number of thioether (sulfide) groups is 1. The van der Waals surface area contributed by atoms with E-state index in [0.29, 0.717) is 5.89 Å². The van der Waals surface area contributed by atoms with Crippen molar-refractivity contribution in [2.45, 2.75) is 29.6 Å². The molecule has 24 heavy (non-hydrogen) atoms. The molecule has 0 fully saturated rings. The van der Waals surface area contributed by atoms with E-state index in [1.54, 1.807) is 0 Å². The maximum atomic E-state index is 12.8. The van der Waals surface area contributed by atoms with Crippen LogP contribution in [0.5, 0.6) is 0 Å². The Hall–Kier alpha value is -1.87. The quantitative estimate of drug-likeness (QED) is 0.577. The highest BCUT2D eigenvalue weighted by molar-refractivity contribution is 8.01. The Bertz CT molecular complexity index is 844. The largest absolute Gasteiger partial charge is 0.416 e. The molecule has 3 aromatic rings. The van der Waals surface area contributed by atoms with Crippen LogP contribution in [0, 0.1) is 6.92 Å². The molecule has 0 saturated carbocycles. The van der Waals surface area contributed by atoms with E-state index < -0.39 is 11.7 Å². The third kappa shape index (κ3) is 3.78. The van der Waals surface area contributed by atoms with Crippen molar-refractivity contribution >= 4 is 23.1 Å². The molecule has 0 bridgehead atoms. The Balaban J connectivity index is 1.80. The van der Waals surface area contributed by atoms with E-state index in [0.717, 1.165) is 22.2 Å². The van der Waals surface area contributed by atoms with Crippen LogP contribution in [0.15, 0.2) is 38.5 Å². The Morgan fingerprint density at radius 3 is 2.71 bits per heavy atom. The zero-order chi connectivity index (χ0) is 17.3. The van der Waals surface area contributed by atoms with Gasteiger partial charge in [-0.05, 0) is 26.0 Å². The number of benzene rings is 1. The molecule has 126 valence electrons. The molecule has 1 unspecified atom stereocenters. The van der Waals surface area contributed by atoms with Gasteiger partial charge in [0.25, 0.3) is 0 Å². The lowest BCUT2D eigenvalue weighted by Crippen LogP contribution is -2.04. The molecule has 9 heteroatoms. The first-order chi connectivity index (χ1) is 11.3. The number of thiazole rings is 1. The Labute approximate surface area is 144 Å². The molecule has 0 saturated heterocycles. The first-order valence-corrected chi connectivity index (χ1v) is 8.69. The predicted molar refractivity (Wildman–Crippen MR) is 85.9 cm³/mol. The fraction of sp³-hybridized carbons (Fsp3) is 0.267. The summed E-state index contributed by atoms with van der Waals surface area (Å²) >= 11 is 2.98. The van der Waals surface area contributed by atoms with E-state index in [1.165, 1.54) is 35.2 Å². The average molecular weight is 371 g/mol. The van der Waals surface area contributed by atoms with Gasteiger partial charge in [0.15, 0.2) is 4.34 Å². The van der Waals surface area contributed by atoms with Crippen molar-refractivity contribution in [3.8, 4) is 11.4 Å². The van der Waals surface area contributed by atoms with Crippen molar-refractivity contribution in [3.05, 3.63) is 46.8 Å². The van der Waals surface area contributed by atoms with Crippen molar-refractivity contribution < 1.29 is 17.7 Å². The summed E-state index contributed by atoms with van der Waals surface area (Å²) < 4.78 is 44.4. The SMILES string of the molecule is Cc1csc(SC(C)c2nc(-c3cccc(C(F)(F)F)c3)no2)n1. The maximum absolute atomic E-state index is 12.8. The van der Waals surface area contributed by atoms with Crippen molar-refractivity contribution in [2.75, 3.05) is 0 Å². The van der Waals surface area contributed by atoms with E-state index in [2.05, 4.69) is 15.1 Å². The standard InChI is InChI=1S/C15H12F3N3OS2/c1-8-7-23-14(19-8)24-9(2)13-20-12(21-22-13)10-4-3-5-11(6-10)15(16,17)18/h3-7,9H,1-2H3. The van der Waals surface area contributed by atoms with Gasteiger partial charge in [-0.2, -0.15) is 18.2 Å². The van der Waals surface area contributed by atoms with Gasteiger partial charge >= 0.3 is 6.18 Å². The molecule has 0 spiro atoms. The Morgan fingerprint density at radius 1 is 1.25 bits per heavy atom. The van der Waals surface area contributed by atoms with Crippen LogP contribution in [0.4, 0.5) is 13.2 Å². The highest BCUT2D eigenvalue weighted by Gasteiger charge is 2.31. The fourth-order valence-corrected chi connectivity index (χ4v) is 3.96. The molecule has 4 nitrogen and oxygen atoms in total. The van der Waals surface area contributed by atoms with Crippen LogP contribution >= 0.6 is 23.1 Å². The van der Waals surface area contributed by atoms with Crippen LogP contribution in [0.1, 0.15) is 29.3 Å². The summed E-state index contributed by atoms with van der Waals surface area (Å²) in [7, 11) is 0. The first-order valence-electron chi connectivity index (χ1n) is 6.93. The van der Waals surface area contributed by atoms with Crippen LogP contribution in [0.2, 0.25) is 0 Å². The number of halogens is 3. The molecule has 0 radical (unpaired) electrons. The number of rotatable bonds is 4. The summed E-state index contributed by atoms with van der Waals surface area (Å²) in [5.74, 6) is 0.485. The third-order valence-corrected chi connectivity index (χ3v) is 5.29. The number of nitrogens with zero attached hydrogens (tertiary/aromatic N) is 3. The number of hydrogen-bond acceptors (Lipinski definition) is 6. The second-order valence-corrected chi connectivity index (χ2v) is 7.50. The van der Waals surface area contributed by atoms with Gasteiger partial charge < -0.3 is 4.52 Å². The third-order valence-electron chi connectivity index (χ3n) is 3.11. The molecular formula is C15H12F3N3OS2. The minimum Gasteiger partial charge on any atom is -0.338 e. The van der Waals surface area contributed by atoms with Gasteiger partial charge in [-0.15, -0.1) is 11.3 Å². The summed E-state index contributed by atoms with van der Waals surface area (Å²) in [5, 5.41) is 5.58. The second kappa shape index (κ2) is 6.56. The van der Waals surface area contributed by atoms with Gasteiger partial charge in [0, 0.05) is 16.6 Å². The lowest BCUT2D eigenvalue weighted by Gasteiger charge is -2.06. The van der Waals surface area contributed by atoms with Gasteiger partial charge in [-0.25, -0.2) is 4.98 Å². The van der Waals surface area contributed by atoms with E-state index in [1.807, 2.05) is 19.2 Å². The smallest absolute Gasteiger partial charge is 0.338 e. The highest BCUT2D eigenvalue weighted by Crippen LogP contribution is 2.36. The van der Waals surface area contributed by atoms with E-state index >= 15 is 0 Å². The lowest BCUT2D eigenvalue weighted by atomic mass is 10.1. The molecule has 1 atom stereocenters. The number of alkyl halides is 3. The number of aryl methyl sites for hydroxylation is 1. The minimum atomic E-state index is -4.41. The summed E-state index contributed by atoms with van der Waals surface area (Å²) in [4.78, 5) is 8.56. The summed E-state index contributed by atoms with van der Waals surface area (Å²) in [6.07, 6.45) is -4.41. The average Bonchev–Trinajstić information content (AvgIpc) is 3.16. The molecule has 0 N–H and O–H groups in total. The predicted octanol–water partition coefficient (Wildman–Crippen LogP) is 5.37. The van der Waals surface area contributed by atoms with Crippen molar-refractivity contribution in [3.63, 3.8) is 0 Å². The molecule has 0 aliphatic carbocycles. The molecular weight excluding hydrogens is 359 g/mol. The molecule has 0 aliphatic heterocycles. The van der Waals surface area contributed by atoms with Crippen molar-refractivity contribution in [1.29, 1.82) is 0 Å². The first kappa shape index (κ1) is 17.0. The summed E-state index contributed by atoms with van der Waals surface area (Å²) in [6.45, 7) is 3.79. The Morgan fingerprint density at radius 2 is 2.04 bits per heavy atom. The van der Waals surface area contributed by atoms with Crippen LogP contribution < -0.4 is 0 Å². The minimum absolute atomic E-state index is 0.138. The Kier molecular flexibility index (Phi) is 4.64. The fourth-order valence-electron chi connectivity index (χ4n) is 1.94. The van der Waals surface area contributed by atoms with Gasteiger partial charge in [0.1, 0.15) is 0 Å². The van der Waals surface area contributed by atoms with Crippen LogP contribution in [0.3, 0.4) is 0 Å². The molecule has 3 rings (SSSR count). The number of hydrogen-bond donors (Lipinski definition) is 0. The van der Waals surface area contributed by atoms with Gasteiger partial charge in [0.2, 0.25) is 11.7 Å². The van der Waals surface area contributed by atoms with Crippen LogP contribution in [-0.2, 0) is 6.18 Å². The van der Waals surface area contributed by atoms with E-state index in [9.17, 15) is 13.2 Å². The molecule has 0 aliphatic rings. The van der Waals surface area contributed by atoms with Crippen molar-refractivity contribution in [1.82, 2.24) is 15.1 Å². The zero-order valence-corrected chi connectivity index (χ0v) is 14.3. The second-order valence-electron chi connectivity index (χ2n) is 5.05. The highest BCUT2D eigenvalue weighted by atomic mass is 32.2. The lowest BCUT2D eigenvalue weighted by molar-refractivity contribution is -0.137. The van der Waals surface area contributed by atoms with Gasteiger partial charge in [-0.3, -0.25) is 0 Å². The zero-order valence-electron chi connectivity index (χ0n) is 12.7. The maximum Gasteiger partial charge on any atom is 0.416 e. The summed E-state index contributed by atoms with van der Waals surface area (Å²) in [6, 6.07) is 4.86. The van der Waals surface area contributed by atoms with Gasteiger partial charge in [0.05, 0.1) is 10.8 Å². The van der Waals surface area contributed by atoms with Crippen LogP contribution in [0.25, 0.3) is 11.4 Å². The molecule has 1 aromatic carbocycles. The van der Waals surface area contributed by atoms with Gasteiger partial charge in [-0.1, -0.05) is 29.1 Å². The van der Waals surface area contributed by atoms with E-state index in [4.69, 9.17) is 4.52 Å². The molecule has 0 amide bonds. The van der Waals surface area contributed by atoms with Crippen molar-refractivity contribution in [2.24, 2.45) is 0 Å². The monoisotopic (exact) mass is 371 g/mol. The molecule has 2 heterocycles. The van der Waals surface area contributed by atoms with Crippen LogP contribution in [-0.4, -0.2) is 15.1 Å².